The Morgan fingerprint density at radius 1 is 1.15 bits per heavy atom. The van der Waals surface area contributed by atoms with Crippen LogP contribution in [-0.2, 0) is 9.59 Å². The standard InChI is InChI=1S/C18H22N4O4/c1-26-12-5-2-4-11(10-12)19-18(25)20-13-7-9-22-15(13)17(24)21-8-3-6-14(21)16(22)23/h2,4-5,10,13-15H,3,6-9H2,1H3,(H2,19,20,25). The number of ether oxygens (including phenoxy) is 1. The third kappa shape index (κ3) is 2.75. The fourth-order valence-corrected chi connectivity index (χ4v) is 4.18. The fourth-order valence-electron chi connectivity index (χ4n) is 4.18. The van der Waals surface area contributed by atoms with Gasteiger partial charge in [0, 0.05) is 24.8 Å². The summed E-state index contributed by atoms with van der Waals surface area (Å²) in [7, 11) is 1.56. The predicted octanol–water partition coefficient (Wildman–Crippen LogP) is 0.791. The number of amides is 4. The zero-order valence-corrected chi connectivity index (χ0v) is 14.6. The lowest BCUT2D eigenvalue weighted by molar-refractivity contribution is -0.157. The number of benzene rings is 1. The quantitative estimate of drug-likeness (QED) is 0.836. The van der Waals surface area contributed by atoms with E-state index in [0.29, 0.717) is 30.9 Å². The first-order chi connectivity index (χ1) is 12.6. The van der Waals surface area contributed by atoms with E-state index >= 15 is 0 Å². The molecule has 0 aromatic heterocycles. The molecule has 3 aliphatic rings. The van der Waals surface area contributed by atoms with Crippen molar-refractivity contribution in [2.24, 2.45) is 0 Å². The van der Waals surface area contributed by atoms with Crippen LogP contribution < -0.4 is 15.4 Å². The summed E-state index contributed by atoms with van der Waals surface area (Å²) in [5, 5.41) is 5.62. The third-order valence-corrected chi connectivity index (χ3v) is 5.40. The summed E-state index contributed by atoms with van der Waals surface area (Å²) >= 11 is 0. The van der Waals surface area contributed by atoms with Crippen molar-refractivity contribution in [1.82, 2.24) is 15.1 Å². The number of fused-ring (bicyclic) bond motifs is 2. The van der Waals surface area contributed by atoms with E-state index in [1.54, 1.807) is 41.2 Å². The molecule has 0 saturated carbocycles. The van der Waals surface area contributed by atoms with Crippen molar-refractivity contribution in [3.63, 3.8) is 0 Å². The van der Waals surface area contributed by atoms with E-state index in [1.165, 1.54) is 0 Å². The number of hydrogen-bond donors (Lipinski definition) is 2. The molecule has 1 aromatic rings. The number of urea groups is 1. The topological polar surface area (TPSA) is 91.0 Å². The van der Waals surface area contributed by atoms with Gasteiger partial charge < -0.3 is 25.2 Å². The zero-order valence-electron chi connectivity index (χ0n) is 14.6. The number of rotatable bonds is 3. The number of nitrogens with one attached hydrogen (secondary N) is 2. The average molecular weight is 358 g/mol. The molecule has 138 valence electrons. The maximum Gasteiger partial charge on any atom is 0.319 e. The highest BCUT2D eigenvalue weighted by molar-refractivity contribution is 5.99. The molecule has 0 spiro atoms. The van der Waals surface area contributed by atoms with Gasteiger partial charge in [-0.2, -0.15) is 0 Å². The van der Waals surface area contributed by atoms with Crippen LogP contribution in [0.15, 0.2) is 24.3 Å². The van der Waals surface area contributed by atoms with Crippen molar-refractivity contribution < 1.29 is 19.1 Å². The minimum absolute atomic E-state index is 0.0182. The highest BCUT2D eigenvalue weighted by Gasteiger charge is 2.53. The molecule has 0 bridgehead atoms. The Kier molecular flexibility index (Phi) is 4.18. The number of anilines is 1. The van der Waals surface area contributed by atoms with Crippen LogP contribution in [0.4, 0.5) is 10.5 Å². The second-order valence-corrected chi connectivity index (χ2v) is 6.89. The molecule has 2 N–H and O–H groups in total. The van der Waals surface area contributed by atoms with Gasteiger partial charge in [-0.25, -0.2) is 4.79 Å². The molecule has 3 atom stereocenters. The summed E-state index contributed by atoms with van der Waals surface area (Å²) in [5.41, 5.74) is 0.599. The van der Waals surface area contributed by atoms with E-state index in [2.05, 4.69) is 10.6 Å². The van der Waals surface area contributed by atoms with Gasteiger partial charge >= 0.3 is 6.03 Å². The largest absolute Gasteiger partial charge is 0.497 e. The van der Waals surface area contributed by atoms with Gasteiger partial charge in [-0.3, -0.25) is 9.59 Å². The van der Waals surface area contributed by atoms with Crippen LogP contribution >= 0.6 is 0 Å². The van der Waals surface area contributed by atoms with E-state index in [0.717, 1.165) is 12.8 Å². The maximum absolute atomic E-state index is 12.8. The number of hydrogen-bond acceptors (Lipinski definition) is 4. The van der Waals surface area contributed by atoms with Gasteiger partial charge in [0.2, 0.25) is 11.8 Å². The van der Waals surface area contributed by atoms with E-state index < -0.39 is 12.1 Å². The van der Waals surface area contributed by atoms with E-state index in [-0.39, 0.29) is 23.9 Å². The molecule has 3 fully saturated rings. The Morgan fingerprint density at radius 2 is 2.00 bits per heavy atom. The smallest absolute Gasteiger partial charge is 0.319 e. The summed E-state index contributed by atoms with van der Waals surface area (Å²) in [6.07, 6.45) is 2.17. The second kappa shape index (κ2) is 6.51. The predicted molar refractivity (Wildman–Crippen MR) is 93.8 cm³/mol. The van der Waals surface area contributed by atoms with Crippen LogP contribution in [0, 0.1) is 0 Å². The summed E-state index contributed by atoms with van der Waals surface area (Å²) in [5.74, 6) is 0.615. The first-order valence-electron chi connectivity index (χ1n) is 8.91. The van der Waals surface area contributed by atoms with Crippen molar-refractivity contribution in [3.05, 3.63) is 24.3 Å². The monoisotopic (exact) mass is 358 g/mol. The van der Waals surface area contributed by atoms with Crippen molar-refractivity contribution in [2.75, 3.05) is 25.5 Å². The molecule has 3 unspecified atom stereocenters. The molecular formula is C18H22N4O4. The van der Waals surface area contributed by atoms with E-state index in [9.17, 15) is 14.4 Å². The summed E-state index contributed by atoms with van der Waals surface area (Å²) in [6.45, 7) is 1.13. The van der Waals surface area contributed by atoms with Gasteiger partial charge in [0.1, 0.15) is 17.8 Å². The SMILES string of the molecule is COc1cccc(NC(=O)NC2CCN3C(=O)C4CCCN4C(=O)C23)c1. The zero-order chi connectivity index (χ0) is 18.3. The molecule has 8 heteroatoms. The van der Waals surface area contributed by atoms with Crippen LogP contribution in [0.5, 0.6) is 5.75 Å². The Bertz CT molecular complexity index is 752. The van der Waals surface area contributed by atoms with Crippen LogP contribution in [0.1, 0.15) is 19.3 Å². The van der Waals surface area contributed by atoms with Gasteiger partial charge in [0.25, 0.3) is 0 Å². The van der Waals surface area contributed by atoms with Crippen molar-refractivity contribution >= 4 is 23.5 Å². The second-order valence-electron chi connectivity index (χ2n) is 6.89. The summed E-state index contributed by atoms with van der Waals surface area (Å²) < 4.78 is 5.14. The molecule has 4 amide bonds. The highest BCUT2D eigenvalue weighted by Crippen LogP contribution is 2.32. The fraction of sp³-hybridized carbons (Fsp3) is 0.500. The molecular weight excluding hydrogens is 336 g/mol. The number of nitrogens with zero attached hydrogens (tertiary/aromatic N) is 2. The minimum atomic E-state index is -0.590. The lowest BCUT2D eigenvalue weighted by Crippen LogP contribution is -2.64. The van der Waals surface area contributed by atoms with Gasteiger partial charge in [-0.15, -0.1) is 0 Å². The van der Waals surface area contributed by atoms with Crippen LogP contribution in [0.3, 0.4) is 0 Å². The Morgan fingerprint density at radius 3 is 2.81 bits per heavy atom. The van der Waals surface area contributed by atoms with E-state index in [4.69, 9.17) is 4.74 Å². The highest BCUT2D eigenvalue weighted by atomic mass is 16.5. The molecule has 1 aromatic carbocycles. The molecule has 3 saturated heterocycles. The van der Waals surface area contributed by atoms with Gasteiger partial charge in [-0.1, -0.05) is 6.07 Å². The number of carbonyl (C=O) groups is 3. The van der Waals surface area contributed by atoms with Crippen molar-refractivity contribution in [2.45, 2.75) is 37.4 Å². The molecule has 0 aliphatic carbocycles. The first kappa shape index (κ1) is 16.7. The molecule has 4 rings (SSSR count). The molecule has 3 aliphatic heterocycles. The molecule has 0 radical (unpaired) electrons. The van der Waals surface area contributed by atoms with E-state index in [1.807, 2.05) is 0 Å². The van der Waals surface area contributed by atoms with Crippen molar-refractivity contribution in [1.29, 1.82) is 0 Å². The van der Waals surface area contributed by atoms with Gasteiger partial charge in [0.15, 0.2) is 0 Å². The number of carbonyl (C=O) groups excluding carboxylic acids is 3. The van der Waals surface area contributed by atoms with Crippen LogP contribution in [-0.4, -0.2) is 66.0 Å². The molecule has 3 heterocycles. The Hall–Kier alpha value is -2.77. The normalized spacial score (nSPS) is 27.2. The Labute approximate surface area is 151 Å². The van der Waals surface area contributed by atoms with Gasteiger partial charge in [-0.05, 0) is 31.4 Å². The number of methoxy groups -OCH3 is 1. The van der Waals surface area contributed by atoms with Crippen LogP contribution in [0.25, 0.3) is 0 Å². The third-order valence-electron chi connectivity index (χ3n) is 5.40. The Balaban J connectivity index is 1.44. The van der Waals surface area contributed by atoms with Gasteiger partial charge in [0.05, 0.1) is 13.2 Å². The molecule has 8 nitrogen and oxygen atoms in total. The summed E-state index contributed by atoms with van der Waals surface area (Å²) in [6, 6.07) is 5.38. The average Bonchev–Trinajstić information content (AvgIpc) is 3.27. The lowest BCUT2D eigenvalue weighted by atomic mass is 10.0. The lowest BCUT2D eigenvalue weighted by Gasteiger charge is -2.40. The maximum atomic E-state index is 12.8. The molecule has 26 heavy (non-hydrogen) atoms. The first-order valence-corrected chi connectivity index (χ1v) is 8.91. The van der Waals surface area contributed by atoms with Crippen molar-refractivity contribution in [3.8, 4) is 5.75 Å². The van der Waals surface area contributed by atoms with Crippen LogP contribution in [0.2, 0.25) is 0 Å². The minimum Gasteiger partial charge on any atom is -0.497 e. The number of piperazine rings is 1. The summed E-state index contributed by atoms with van der Waals surface area (Å²) in [4.78, 5) is 41.1.